The first-order chi connectivity index (χ1) is 8.88. The lowest BCUT2D eigenvalue weighted by molar-refractivity contribution is -0.125. The molecule has 0 aliphatic heterocycles. The Balaban J connectivity index is 2.68. The average Bonchev–Trinajstić information content (AvgIpc) is 2.26. The van der Waals surface area contributed by atoms with E-state index in [9.17, 15) is 9.59 Å². The van der Waals surface area contributed by atoms with Gasteiger partial charge in [-0.05, 0) is 32.0 Å². The van der Waals surface area contributed by atoms with Crippen molar-refractivity contribution < 1.29 is 9.59 Å². The Hall–Kier alpha value is -1.56. The van der Waals surface area contributed by atoms with Crippen molar-refractivity contribution in [1.29, 1.82) is 0 Å². The van der Waals surface area contributed by atoms with Crippen molar-refractivity contribution in [2.45, 2.75) is 32.4 Å². The van der Waals surface area contributed by atoms with Crippen LogP contribution in [-0.2, 0) is 9.59 Å². The molecule has 1 aromatic carbocycles. The van der Waals surface area contributed by atoms with Gasteiger partial charge in [-0.3, -0.25) is 9.59 Å². The molecule has 0 saturated heterocycles. The molecule has 2 amide bonds. The zero-order valence-corrected chi connectivity index (χ0v) is 12.5. The van der Waals surface area contributed by atoms with Gasteiger partial charge in [0, 0.05) is 16.2 Å². The third-order valence-corrected chi connectivity index (χ3v) is 2.84. The fourth-order valence-corrected chi connectivity index (χ4v) is 1.97. The smallest absolute Gasteiger partial charge is 0.240 e. The third kappa shape index (κ3) is 5.74. The first-order valence-corrected chi connectivity index (χ1v) is 6.78. The van der Waals surface area contributed by atoms with Crippen LogP contribution < -0.4 is 16.4 Å². The van der Waals surface area contributed by atoms with Crippen molar-refractivity contribution in [3.63, 3.8) is 0 Å². The molecule has 0 fully saturated rings. The Morgan fingerprint density at radius 3 is 2.58 bits per heavy atom. The van der Waals surface area contributed by atoms with Crippen LogP contribution in [0.15, 0.2) is 28.7 Å². The lowest BCUT2D eigenvalue weighted by Gasteiger charge is -2.17. The Labute approximate surface area is 121 Å². The maximum absolute atomic E-state index is 11.7. The highest BCUT2D eigenvalue weighted by molar-refractivity contribution is 9.10. The second kappa shape index (κ2) is 7.13. The summed E-state index contributed by atoms with van der Waals surface area (Å²) in [6.45, 7) is 3.72. The lowest BCUT2D eigenvalue weighted by atomic mass is 10.1. The summed E-state index contributed by atoms with van der Waals surface area (Å²) in [5, 5.41) is 5.69. The Bertz CT molecular complexity index is 463. The third-order valence-electron chi connectivity index (χ3n) is 2.35. The van der Waals surface area contributed by atoms with E-state index in [1.165, 1.54) is 0 Å². The van der Waals surface area contributed by atoms with Crippen molar-refractivity contribution in [3.8, 4) is 0 Å². The van der Waals surface area contributed by atoms with Crippen LogP contribution in [0.25, 0.3) is 0 Å². The van der Waals surface area contributed by atoms with Crippen LogP contribution in [-0.4, -0.2) is 23.9 Å². The van der Waals surface area contributed by atoms with Crippen molar-refractivity contribution in [2.24, 2.45) is 5.73 Å². The molecule has 5 nitrogen and oxygen atoms in total. The van der Waals surface area contributed by atoms with Crippen LogP contribution >= 0.6 is 15.9 Å². The van der Waals surface area contributed by atoms with Crippen LogP contribution in [0.4, 0.5) is 5.69 Å². The molecule has 1 atom stereocenters. The molecule has 4 N–H and O–H groups in total. The van der Waals surface area contributed by atoms with Gasteiger partial charge in [0.25, 0.3) is 0 Å². The molecule has 0 aromatic heterocycles. The zero-order chi connectivity index (χ0) is 14.4. The van der Waals surface area contributed by atoms with Gasteiger partial charge in [0.15, 0.2) is 0 Å². The van der Waals surface area contributed by atoms with Crippen LogP contribution in [0.1, 0.15) is 20.3 Å². The highest BCUT2D eigenvalue weighted by Gasteiger charge is 2.19. The number of halogens is 1. The predicted octanol–water partition coefficient (Wildman–Crippen LogP) is 1.63. The molecular weight excluding hydrogens is 310 g/mol. The number of hydrogen-bond acceptors (Lipinski definition) is 3. The number of carbonyl (C=O) groups is 2. The molecule has 0 aliphatic rings. The van der Waals surface area contributed by atoms with E-state index in [2.05, 4.69) is 26.6 Å². The van der Waals surface area contributed by atoms with Crippen LogP contribution in [0.3, 0.4) is 0 Å². The molecule has 0 heterocycles. The lowest BCUT2D eigenvalue weighted by Crippen LogP contribution is -2.41. The maximum atomic E-state index is 11.7. The molecule has 1 rings (SSSR count). The average molecular weight is 328 g/mol. The number of rotatable bonds is 6. The molecule has 1 aromatic rings. The maximum Gasteiger partial charge on any atom is 0.240 e. The van der Waals surface area contributed by atoms with Crippen LogP contribution in [0, 0.1) is 0 Å². The number of hydrogen-bond donors (Lipinski definition) is 3. The van der Waals surface area contributed by atoms with Gasteiger partial charge in [-0.2, -0.15) is 0 Å². The molecular formula is C13H18BrN3O2. The fourth-order valence-electron chi connectivity index (χ4n) is 1.57. The number of anilines is 1. The summed E-state index contributed by atoms with van der Waals surface area (Å²) in [5.74, 6) is -0.764. The molecule has 104 valence electrons. The van der Waals surface area contributed by atoms with E-state index in [-0.39, 0.29) is 18.4 Å². The summed E-state index contributed by atoms with van der Waals surface area (Å²) < 4.78 is 0.882. The highest BCUT2D eigenvalue weighted by atomic mass is 79.9. The van der Waals surface area contributed by atoms with Gasteiger partial charge in [0.05, 0.1) is 6.42 Å². The first-order valence-electron chi connectivity index (χ1n) is 5.99. The van der Waals surface area contributed by atoms with E-state index in [4.69, 9.17) is 5.73 Å². The van der Waals surface area contributed by atoms with Crippen molar-refractivity contribution >= 4 is 33.4 Å². The predicted molar refractivity (Wildman–Crippen MR) is 78.6 cm³/mol. The minimum absolute atomic E-state index is 0.0139. The summed E-state index contributed by atoms with van der Waals surface area (Å²) >= 11 is 3.34. The molecule has 6 heteroatoms. The number of nitrogens with two attached hydrogens (primary N) is 1. The van der Waals surface area contributed by atoms with Crippen molar-refractivity contribution in [1.82, 2.24) is 5.32 Å². The number of amides is 2. The van der Waals surface area contributed by atoms with Crippen LogP contribution in [0.5, 0.6) is 0 Å². The van der Waals surface area contributed by atoms with Crippen molar-refractivity contribution in [3.05, 3.63) is 28.7 Å². The SMILES string of the molecule is CC(C)NC(=O)CC(Nc1cccc(Br)c1)C(N)=O. The van der Waals surface area contributed by atoms with Gasteiger partial charge < -0.3 is 16.4 Å². The minimum atomic E-state index is -0.729. The quantitative estimate of drug-likeness (QED) is 0.742. The van der Waals surface area contributed by atoms with Crippen LogP contribution in [0.2, 0.25) is 0 Å². The monoisotopic (exact) mass is 327 g/mol. The van der Waals surface area contributed by atoms with E-state index in [0.29, 0.717) is 0 Å². The van der Waals surface area contributed by atoms with Gasteiger partial charge in [-0.25, -0.2) is 0 Å². The van der Waals surface area contributed by atoms with Gasteiger partial charge in [0.1, 0.15) is 6.04 Å². The summed E-state index contributed by atoms with van der Waals surface area (Å²) in [7, 11) is 0. The zero-order valence-electron chi connectivity index (χ0n) is 10.9. The largest absolute Gasteiger partial charge is 0.373 e. The van der Waals surface area contributed by atoms with Crippen molar-refractivity contribution in [2.75, 3.05) is 5.32 Å². The number of primary amides is 1. The highest BCUT2D eigenvalue weighted by Crippen LogP contribution is 2.17. The molecule has 1 unspecified atom stereocenters. The number of nitrogens with one attached hydrogen (secondary N) is 2. The van der Waals surface area contributed by atoms with E-state index in [1.807, 2.05) is 32.0 Å². The molecule has 0 bridgehead atoms. The molecule has 0 radical (unpaired) electrons. The summed E-state index contributed by atoms with van der Waals surface area (Å²) in [5.41, 5.74) is 6.04. The van der Waals surface area contributed by atoms with Gasteiger partial charge >= 0.3 is 0 Å². The Morgan fingerprint density at radius 2 is 2.05 bits per heavy atom. The number of benzene rings is 1. The topological polar surface area (TPSA) is 84.2 Å². The molecule has 19 heavy (non-hydrogen) atoms. The summed E-state index contributed by atoms with van der Waals surface area (Å²) in [4.78, 5) is 23.0. The first kappa shape index (κ1) is 15.5. The van der Waals surface area contributed by atoms with E-state index in [1.54, 1.807) is 6.07 Å². The normalized spacial score (nSPS) is 12.0. The fraction of sp³-hybridized carbons (Fsp3) is 0.385. The second-order valence-electron chi connectivity index (χ2n) is 4.54. The van der Waals surface area contributed by atoms with Gasteiger partial charge in [-0.15, -0.1) is 0 Å². The number of carbonyl (C=O) groups excluding carboxylic acids is 2. The van der Waals surface area contributed by atoms with Gasteiger partial charge in [-0.1, -0.05) is 22.0 Å². The second-order valence-corrected chi connectivity index (χ2v) is 5.45. The molecule has 0 aliphatic carbocycles. The van der Waals surface area contributed by atoms with E-state index in [0.717, 1.165) is 10.2 Å². The minimum Gasteiger partial charge on any atom is -0.373 e. The standard InChI is InChI=1S/C13H18BrN3O2/c1-8(2)16-12(18)7-11(13(15)19)17-10-5-3-4-9(14)6-10/h3-6,8,11,17H,7H2,1-2H3,(H2,15,19)(H,16,18). The summed E-state index contributed by atoms with van der Waals surface area (Å²) in [6.07, 6.45) is 0.0139. The summed E-state index contributed by atoms with van der Waals surface area (Å²) in [6, 6.07) is 6.63. The van der Waals surface area contributed by atoms with E-state index < -0.39 is 11.9 Å². The van der Waals surface area contributed by atoms with E-state index >= 15 is 0 Å². The Kier molecular flexibility index (Phi) is 5.82. The molecule has 0 saturated carbocycles. The Morgan fingerprint density at radius 1 is 1.37 bits per heavy atom. The van der Waals surface area contributed by atoms with Gasteiger partial charge in [0.2, 0.25) is 11.8 Å². The molecule has 0 spiro atoms.